The van der Waals surface area contributed by atoms with Crippen LogP contribution in [0.1, 0.15) is 12.5 Å². The summed E-state index contributed by atoms with van der Waals surface area (Å²) in [7, 11) is 0. The van der Waals surface area contributed by atoms with Gasteiger partial charge in [-0.1, -0.05) is 30.0 Å². The molecule has 1 saturated heterocycles. The molecule has 2 rings (SSSR count). The summed E-state index contributed by atoms with van der Waals surface area (Å²) in [4.78, 5) is 0. The second-order valence-electron chi connectivity index (χ2n) is 4.50. The van der Waals surface area contributed by atoms with Crippen LogP contribution in [0.2, 0.25) is 0 Å². The topological polar surface area (TPSA) is 69.9 Å². The highest BCUT2D eigenvalue weighted by molar-refractivity contribution is 5.37. The molecule has 4 heteroatoms. The van der Waals surface area contributed by atoms with E-state index >= 15 is 0 Å². The first kappa shape index (κ1) is 13.1. The van der Waals surface area contributed by atoms with Gasteiger partial charge in [0.15, 0.2) is 5.60 Å². The summed E-state index contributed by atoms with van der Waals surface area (Å²) in [5.74, 6) is 5.72. The molecule has 1 aromatic carbocycles. The molecule has 1 aliphatic heterocycles. The van der Waals surface area contributed by atoms with Crippen LogP contribution in [0.4, 0.5) is 0 Å². The van der Waals surface area contributed by atoms with Gasteiger partial charge in [-0.05, 0) is 19.1 Å². The number of aliphatic hydroxyl groups excluding tert-OH is 3. The van der Waals surface area contributed by atoms with Crippen LogP contribution >= 0.6 is 0 Å². The van der Waals surface area contributed by atoms with Crippen molar-refractivity contribution in [1.82, 2.24) is 0 Å². The first-order chi connectivity index (χ1) is 8.57. The van der Waals surface area contributed by atoms with Crippen LogP contribution < -0.4 is 0 Å². The van der Waals surface area contributed by atoms with Crippen molar-refractivity contribution in [3.8, 4) is 11.8 Å². The molecule has 1 aliphatic rings. The molecule has 0 aromatic heterocycles. The first-order valence-corrected chi connectivity index (χ1v) is 5.80. The van der Waals surface area contributed by atoms with Crippen LogP contribution in [0.3, 0.4) is 0 Å². The standard InChI is InChI=1S/C14H16O4/c1-14(8-7-10-5-3-2-4-6-10)13(17)12(16)11(9-15)18-14/h2-6,11-13,15-17H,9H2,1H3/t11-,12+,13?,14-/m1/s1. The first-order valence-electron chi connectivity index (χ1n) is 5.80. The predicted molar refractivity (Wildman–Crippen MR) is 65.7 cm³/mol. The largest absolute Gasteiger partial charge is 0.394 e. The molecule has 4 atom stereocenters. The molecule has 0 bridgehead atoms. The number of aliphatic hydroxyl groups is 3. The van der Waals surface area contributed by atoms with Gasteiger partial charge in [0.2, 0.25) is 0 Å². The van der Waals surface area contributed by atoms with Crippen molar-refractivity contribution in [2.75, 3.05) is 6.61 Å². The van der Waals surface area contributed by atoms with Crippen molar-refractivity contribution in [2.45, 2.75) is 30.8 Å². The summed E-state index contributed by atoms with van der Waals surface area (Å²) >= 11 is 0. The lowest BCUT2D eigenvalue weighted by molar-refractivity contribution is -0.0459. The van der Waals surface area contributed by atoms with Gasteiger partial charge in [0.1, 0.15) is 18.3 Å². The molecule has 18 heavy (non-hydrogen) atoms. The van der Waals surface area contributed by atoms with Gasteiger partial charge in [-0.2, -0.15) is 0 Å². The Morgan fingerprint density at radius 3 is 2.50 bits per heavy atom. The Labute approximate surface area is 106 Å². The third-order valence-corrected chi connectivity index (χ3v) is 3.07. The zero-order chi connectivity index (χ0) is 13.2. The van der Waals surface area contributed by atoms with Gasteiger partial charge in [-0.25, -0.2) is 0 Å². The third kappa shape index (κ3) is 2.40. The Bertz CT molecular complexity index is 462. The predicted octanol–water partition coefficient (Wildman–Crippen LogP) is -0.0903. The molecular weight excluding hydrogens is 232 g/mol. The van der Waals surface area contributed by atoms with Gasteiger partial charge in [-0.15, -0.1) is 0 Å². The van der Waals surface area contributed by atoms with Gasteiger partial charge in [0.25, 0.3) is 0 Å². The summed E-state index contributed by atoms with van der Waals surface area (Å²) in [5.41, 5.74) is -0.362. The normalized spacial score (nSPS) is 35.0. The fourth-order valence-electron chi connectivity index (χ4n) is 1.95. The van der Waals surface area contributed by atoms with Crippen molar-refractivity contribution in [2.24, 2.45) is 0 Å². The smallest absolute Gasteiger partial charge is 0.155 e. The van der Waals surface area contributed by atoms with E-state index in [9.17, 15) is 10.2 Å². The van der Waals surface area contributed by atoms with E-state index in [1.165, 1.54) is 0 Å². The molecule has 96 valence electrons. The van der Waals surface area contributed by atoms with Crippen molar-refractivity contribution < 1.29 is 20.1 Å². The number of rotatable bonds is 1. The quantitative estimate of drug-likeness (QED) is 0.607. The summed E-state index contributed by atoms with van der Waals surface area (Å²) in [6.07, 6.45) is -3.05. The fraction of sp³-hybridized carbons (Fsp3) is 0.429. The molecule has 0 radical (unpaired) electrons. The van der Waals surface area contributed by atoms with Crippen LogP contribution in [-0.2, 0) is 4.74 Å². The van der Waals surface area contributed by atoms with Crippen LogP contribution in [0.5, 0.6) is 0 Å². The number of benzene rings is 1. The SMILES string of the molecule is C[C@]1(C#Cc2ccccc2)O[C@H](CO)[C@H](O)C1O. The molecule has 0 amide bonds. The number of ether oxygens (including phenoxy) is 1. The van der Waals surface area contributed by atoms with Crippen LogP contribution in [0.15, 0.2) is 30.3 Å². The van der Waals surface area contributed by atoms with E-state index in [0.717, 1.165) is 5.56 Å². The highest BCUT2D eigenvalue weighted by atomic mass is 16.6. The molecule has 0 aliphatic carbocycles. The summed E-state index contributed by atoms with van der Waals surface area (Å²) in [5, 5.41) is 28.6. The second kappa shape index (κ2) is 5.09. The second-order valence-corrected chi connectivity index (χ2v) is 4.50. The van der Waals surface area contributed by atoms with Crippen LogP contribution in [0.25, 0.3) is 0 Å². The minimum atomic E-state index is -1.16. The van der Waals surface area contributed by atoms with Crippen molar-refractivity contribution in [3.63, 3.8) is 0 Å². The zero-order valence-corrected chi connectivity index (χ0v) is 10.1. The molecule has 1 aromatic rings. The summed E-state index contributed by atoms with van der Waals surface area (Å²) < 4.78 is 5.42. The van der Waals surface area contributed by atoms with E-state index in [1.54, 1.807) is 6.92 Å². The van der Waals surface area contributed by atoms with E-state index in [0.29, 0.717) is 0 Å². The average Bonchev–Trinajstić information content (AvgIpc) is 2.63. The lowest BCUT2D eigenvalue weighted by Crippen LogP contribution is -2.39. The van der Waals surface area contributed by atoms with Gasteiger partial charge in [0.05, 0.1) is 6.61 Å². The summed E-state index contributed by atoms with van der Waals surface area (Å²) in [6.45, 7) is 1.26. The Morgan fingerprint density at radius 2 is 1.94 bits per heavy atom. The number of hydrogen-bond donors (Lipinski definition) is 3. The van der Waals surface area contributed by atoms with Gasteiger partial charge < -0.3 is 20.1 Å². The molecule has 4 nitrogen and oxygen atoms in total. The minimum Gasteiger partial charge on any atom is -0.394 e. The monoisotopic (exact) mass is 248 g/mol. The Hall–Kier alpha value is -1.38. The zero-order valence-electron chi connectivity index (χ0n) is 10.1. The van der Waals surface area contributed by atoms with Crippen molar-refractivity contribution in [1.29, 1.82) is 0 Å². The Morgan fingerprint density at radius 1 is 1.28 bits per heavy atom. The maximum atomic E-state index is 9.91. The molecule has 0 saturated carbocycles. The average molecular weight is 248 g/mol. The highest BCUT2D eigenvalue weighted by Crippen LogP contribution is 2.30. The van der Waals surface area contributed by atoms with E-state index in [-0.39, 0.29) is 6.61 Å². The van der Waals surface area contributed by atoms with Gasteiger partial charge >= 0.3 is 0 Å². The third-order valence-electron chi connectivity index (χ3n) is 3.07. The molecule has 1 fully saturated rings. The van der Waals surface area contributed by atoms with E-state index in [4.69, 9.17) is 9.84 Å². The summed E-state index contributed by atoms with van der Waals surface area (Å²) in [6, 6.07) is 9.31. The fourth-order valence-corrected chi connectivity index (χ4v) is 1.95. The molecule has 1 heterocycles. The number of hydrogen-bond acceptors (Lipinski definition) is 4. The van der Waals surface area contributed by atoms with Crippen LogP contribution in [0, 0.1) is 11.8 Å². The molecule has 1 unspecified atom stereocenters. The lowest BCUT2D eigenvalue weighted by Gasteiger charge is -2.20. The van der Waals surface area contributed by atoms with Crippen molar-refractivity contribution >= 4 is 0 Å². The van der Waals surface area contributed by atoms with E-state index < -0.39 is 23.9 Å². The molecular formula is C14H16O4. The van der Waals surface area contributed by atoms with Gasteiger partial charge in [-0.3, -0.25) is 0 Å². The Kier molecular flexibility index (Phi) is 3.69. The Balaban J connectivity index is 2.21. The van der Waals surface area contributed by atoms with Crippen molar-refractivity contribution in [3.05, 3.63) is 35.9 Å². The van der Waals surface area contributed by atoms with E-state index in [1.807, 2.05) is 30.3 Å². The maximum Gasteiger partial charge on any atom is 0.155 e. The minimum absolute atomic E-state index is 0.346. The van der Waals surface area contributed by atoms with Gasteiger partial charge in [0, 0.05) is 5.56 Å². The lowest BCUT2D eigenvalue weighted by atomic mass is 9.97. The maximum absolute atomic E-state index is 9.91. The van der Waals surface area contributed by atoms with E-state index in [2.05, 4.69) is 11.8 Å². The molecule has 0 spiro atoms. The molecule has 3 N–H and O–H groups in total. The van der Waals surface area contributed by atoms with Crippen LogP contribution in [-0.4, -0.2) is 45.8 Å². The highest BCUT2D eigenvalue weighted by Gasteiger charge is 2.50.